The minimum atomic E-state index is -5.75. The minimum Gasteiger partial charge on any atom is -0.344 e. The van der Waals surface area contributed by atoms with E-state index in [1.807, 2.05) is 0 Å². The van der Waals surface area contributed by atoms with Crippen molar-refractivity contribution in [1.82, 2.24) is 20.9 Å². The van der Waals surface area contributed by atoms with Gasteiger partial charge in [0.05, 0.1) is 0 Å². The topological polar surface area (TPSA) is 165 Å². The van der Waals surface area contributed by atoms with Crippen LogP contribution in [0.5, 0.6) is 0 Å². The zero-order chi connectivity index (χ0) is 33.7. The van der Waals surface area contributed by atoms with Crippen LogP contribution in [0.15, 0.2) is 24.3 Å². The van der Waals surface area contributed by atoms with Crippen molar-refractivity contribution in [2.45, 2.75) is 110 Å². The maximum absolute atomic E-state index is 14.0. The molecule has 0 spiro atoms. The van der Waals surface area contributed by atoms with Crippen molar-refractivity contribution in [2.75, 3.05) is 13.1 Å². The van der Waals surface area contributed by atoms with Gasteiger partial charge in [-0.3, -0.25) is 23.7 Å². The van der Waals surface area contributed by atoms with Crippen molar-refractivity contribution in [2.24, 2.45) is 5.92 Å². The van der Waals surface area contributed by atoms with E-state index < -0.39 is 60.6 Å². The van der Waals surface area contributed by atoms with Gasteiger partial charge in [0.1, 0.15) is 18.1 Å². The standard InChI is InChI=1S/C30H49F2N4O7P/c1-7-9-11-17-36(18-12-10-8-2)29(40)21(5)33-28(39)26(20(3)4)35-27(38)25(34-22(6)37)19-23-13-15-24(16-14-23)30(31,32)44(41,42)43/h13-16,20-21,25-26H,7-12,17-19H2,1-6H3,(H,33,39)(H,34,37)(H,35,38)(H2,41,42,43)/t21?,25-,26-/m0/s1. The van der Waals surface area contributed by atoms with Crippen molar-refractivity contribution in [1.29, 1.82) is 0 Å². The van der Waals surface area contributed by atoms with E-state index in [-0.39, 0.29) is 12.3 Å². The van der Waals surface area contributed by atoms with Crippen LogP contribution in [-0.4, -0.2) is 69.5 Å². The lowest BCUT2D eigenvalue weighted by Gasteiger charge is -2.29. The van der Waals surface area contributed by atoms with Gasteiger partial charge in [0.25, 0.3) is 0 Å². The number of nitrogens with zero attached hydrogens (tertiary/aromatic N) is 1. The van der Waals surface area contributed by atoms with E-state index in [0.29, 0.717) is 18.7 Å². The molecule has 11 nitrogen and oxygen atoms in total. The predicted octanol–water partition coefficient (Wildman–Crippen LogP) is 3.82. The van der Waals surface area contributed by atoms with Crippen molar-refractivity contribution < 1.29 is 42.3 Å². The number of carbonyl (C=O) groups excluding carboxylic acids is 4. The number of rotatable bonds is 19. The maximum atomic E-state index is 14.0. The molecular formula is C30H49F2N4O7P. The van der Waals surface area contributed by atoms with E-state index in [1.165, 1.54) is 19.1 Å². The molecule has 3 atom stereocenters. The highest BCUT2D eigenvalue weighted by Gasteiger charge is 2.50. The van der Waals surface area contributed by atoms with Crippen LogP contribution < -0.4 is 16.0 Å². The molecule has 250 valence electrons. The quantitative estimate of drug-likeness (QED) is 0.113. The van der Waals surface area contributed by atoms with E-state index >= 15 is 0 Å². The van der Waals surface area contributed by atoms with E-state index in [9.17, 15) is 32.5 Å². The molecule has 0 aromatic heterocycles. The summed E-state index contributed by atoms with van der Waals surface area (Å²) in [6.07, 6.45) is 5.56. The number of unbranched alkanes of at least 4 members (excludes halogenated alkanes) is 4. The van der Waals surface area contributed by atoms with Gasteiger partial charge in [-0.1, -0.05) is 77.6 Å². The molecule has 14 heteroatoms. The second-order valence-electron chi connectivity index (χ2n) is 11.4. The minimum absolute atomic E-state index is 0.154. The van der Waals surface area contributed by atoms with Crippen LogP contribution in [0.2, 0.25) is 0 Å². The second kappa shape index (κ2) is 18.2. The molecular weight excluding hydrogens is 597 g/mol. The van der Waals surface area contributed by atoms with E-state index in [0.717, 1.165) is 50.7 Å². The lowest BCUT2D eigenvalue weighted by Crippen LogP contribution is -2.58. The second-order valence-corrected chi connectivity index (χ2v) is 13.1. The van der Waals surface area contributed by atoms with Crippen LogP contribution in [0.4, 0.5) is 8.78 Å². The van der Waals surface area contributed by atoms with Gasteiger partial charge in [0.15, 0.2) is 0 Å². The summed E-state index contributed by atoms with van der Waals surface area (Å²) in [5, 5.41) is 7.85. The lowest BCUT2D eigenvalue weighted by atomic mass is 10.00. The normalized spacial score (nSPS) is 14.0. The fourth-order valence-corrected chi connectivity index (χ4v) is 5.05. The molecule has 1 aromatic rings. The summed E-state index contributed by atoms with van der Waals surface area (Å²) in [7, 11) is -5.75. The van der Waals surface area contributed by atoms with Gasteiger partial charge < -0.3 is 30.6 Å². The van der Waals surface area contributed by atoms with Gasteiger partial charge >= 0.3 is 13.3 Å². The molecule has 0 aliphatic rings. The third-order valence-electron chi connectivity index (χ3n) is 7.15. The summed E-state index contributed by atoms with van der Waals surface area (Å²) in [5.41, 5.74) is -4.97. The Morgan fingerprint density at radius 1 is 0.864 bits per heavy atom. The van der Waals surface area contributed by atoms with Crippen LogP contribution in [0, 0.1) is 5.92 Å². The Morgan fingerprint density at radius 3 is 1.82 bits per heavy atom. The van der Waals surface area contributed by atoms with E-state index in [4.69, 9.17) is 9.79 Å². The van der Waals surface area contributed by atoms with Crippen molar-refractivity contribution in [3.63, 3.8) is 0 Å². The monoisotopic (exact) mass is 646 g/mol. The van der Waals surface area contributed by atoms with Crippen LogP contribution in [-0.2, 0) is 35.8 Å². The molecule has 0 saturated carbocycles. The summed E-state index contributed by atoms with van der Waals surface area (Å²) in [4.78, 5) is 71.4. The molecule has 0 radical (unpaired) electrons. The van der Waals surface area contributed by atoms with Crippen LogP contribution in [0.3, 0.4) is 0 Å². The zero-order valence-electron chi connectivity index (χ0n) is 26.6. The number of alkyl halides is 2. The third-order valence-corrected chi connectivity index (χ3v) is 8.14. The molecule has 44 heavy (non-hydrogen) atoms. The first-order valence-corrected chi connectivity index (χ1v) is 16.8. The number of amides is 4. The number of carbonyl (C=O) groups is 4. The SMILES string of the molecule is CCCCCN(CCCCC)C(=O)C(C)NC(=O)[C@@H](NC(=O)[C@H](Cc1ccc(C(F)(F)P(=O)(O)O)cc1)NC(C)=O)C(C)C. The highest BCUT2D eigenvalue weighted by molar-refractivity contribution is 7.52. The van der Waals surface area contributed by atoms with E-state index in [1.54, 1.807) is 25.7 Å². The molecule has 0 heterocycles. The number of nitrogens with one attached hydrogen (secondary N) is 3. The molecule has 0 fully saturated rings. The van der Waals surface area contributed by atoms with Gasteiger partial charge in [0, 0.05) is 32.0 Å². The average Bonchev–Trinajstić information content (AvgIpc) is 2.93. The molecule has 0 aliphatic carbocycles. The van der Waals surface area contributed by atoms with Gasteiger partial charge in [0.2, 0.25) is 23.6 Å². The highest BCUT2D eigenvalue weighted by Crippen LogP contribution is 2.59. The molecule has 0 saturated heterocycles. The maximum Gasteiger partial charge on any atom is 0.399 e. The smallest absolute Gasteiger partial charge is 0.344 e. The number of halogens is 2. The van der Waals surface area contributed by atoms with Gasteiger partial charge in [-0.05, 0) is 31.2 Å². The number of benzene rings is 1. The van der Waals surface area contributed by atoms with Crippen molar-refractivity contribution in [3.8, 4) is 0 Å². The van der Waals surface area contributed by atoms with Crippen LogP contribution in [0.1, 0.15) is 91.2 Å². The highest BCUT2D eigenvalue weighted by atomic mass is 31.2. The Balaban J connectivity index is 3.04. The Labute approximate surface area is 259 Å². The fourth-order valence-electron chi connectivity index (χ4n) is 4.56. The number of hydrogen-bond donors (Lipinski definition) is 5. The average molecular weight is 647 g/mol. The largest absolute Gasteiger partial charge is 0.399 e. The van der Waals surface area contributed by atoms with Gasteiger partial charge in [-0.2, -0.15) is 8.78 Å². The summed E-state index contributed by atoms with van der Waals surface area (Å²) in [5.74, 6) is -2.42. The van der Waals surface area contributed by atoms with Gasteiger partial charge in [-0.15, -0.1) is 0 Å². The lowest BCUT2D eigenvalue weighted by molar-refractivity contribution is -0.137. The summed E-state index contributed by atoms with van der Waals surface area (Å²) in [6, 6.07) is 0.955. The van der Waals surface area contributed by atoms with Crippen LogP contribution in [0.25, 0.3) is 0 Å². The Morgan fingerprint density at radius 2 is 1.39 bits per heavy atom. The molecule has 1 aromatic carbocycles. The fraction of sp³-hybridized carbons (Fsp3) is 0.667. The summed E-state index contributed by atoms with van der Waals surface area (Å²) < 4.78 is 39.2. The Hall–Kier alpha value is -2.89. The Bertz CT molecular complexity index is 1130. The predicted molar refractivity (Wildman–Crippen MR) is 164 cm³/mol. The van der Waals surface area contributed by atoms with Crippen molar-refractivity contribution >= 4 is 31.2 Å². The Kier molecular flexibility index (Phi) is 16.2. The molecule has 0 aliphatic heterocycles. The van der Waals surface area contributed by atoms with Crippen LogP contribution >= 0.6 is 7.60 Å². The molecule has 0 bridgehead atoms. The first-order valence-electron chi connectivity index (χ1n) is 15.2. The summed E-state index contributed by atoms with van der Waals surface area (Å²) in [6.45, 7) is 11.6. The van der Waals surface area contributed by atoms with E-state index in [2.05, 4.69) is 29.8 Å². The molecule has 1 rings (SSSR count). The first-order chi connectivity index (χ1) is 20.5. The molecule has 4 amide bonds. The van der Waals surface area contributed by atoms with Gasteiger partial charge in [-0.25, -0.2) is 0 Å². The number of hydrogen-bond acceptors (Lipinski definition) is 5. The zero-order valence-corrected chi connectivity index (χ0v) is 27.5. The molecule has 5 N–H and O–H groups in total. The summed E-state index contributed by atoms with van der Waals surface area (Å²) >= 11 is 0. The first kappa shape index (κ1) is 39.1. The molecule has 1 unspecified atom stereocenters. The van der Waals surface area contributed by atoms with Crippen molar-refractivity contribution in [3.05, 3.63) is 35.4 Å². The third kappa shape index (κ3) is 12.2.